The van der Waals surface area contributed by atoms with E-state index < -0.39 is 12.0 Å². The average Bonchev–Trinajstić information content (AvgIpc) is 3.13. The summed E-state index contributed by atoms with van der Waals surface area (Å²) in [6.07, 6.45) is 1.68. The van der Waals surface area contributed by atoms with Crippen molar-refractivity contribution in [3.05, 3.63) is 90.4 Å². The zero-order valence-electron chi connectivity index (χ0n) is 19.1. The number of allylic oxidation sites excluding steroid dienone is 1. The summed E-state index contributed by atoms with van der Waals surface area (Å²) in [7, 11) is 3.05. The predicted molar refractivity (Wildman–Crippen MR) is 126 cm³/mol. The first-order chi connectivity index (χ1) is 16.4. The number of aromatic nitrogens is 1. The number of carbonyl (C=O) groups is 1. The number of thiazole rings is 1. The van der Waals surface area contributed by atoms with Crippen molar-refractivity contribution in [2.45, 2.75) is 19.9 Å². The third kappa shape index (κ3) is 4.26. The highest BCUT2D eigenvalue weighted by atomic mass is 32.1. The van der Waals surface area contributed by atoms with Crippen molar-refractivity contribution >= 4 is 23.4 Å². The Bertz CT molecular complexity index is 1450. The molecule has 2 heterocycles. The molecule has 1 aliphatic rings. The molecule has 0 radical (unpaired) electrons. The number of rotatable bonds is 6. The molecule has 0 amide bonds. The lowest BCUT2D eigenvalue weighted by molar-refractivity contribution is -0.139. The Morgan fingerprint density at radius 2 is 1.91 bits per heavy atom. The van der Waals surface area contributed by atoms with Gasteiger partial charge in [0.15, 0.2) is 4.80 Å². The van der Waals surface area contributed by atoms with E-state index in [4.69, 9.17) is 14.2 Å². The zero-order valence-corrected chi connectivity index (χ0v) is 19.9. The summed E-state index contributed by atoms with van der Waals surface area (Å²) in [5, 5.41) is 0. The Labute approximate surface area is 199 Å². The fourth-order valence-corrected chi connectivity index (χ4v) is 4.89. The molecule has 1 aromatic heterocycles. The summed E-state index contributed by atoms with van der Waals surface area (Å²) < 4.78 is 31.4. The second-order valence-electron chi connectivity index (χ2n) is 7.46. The molecule has 1 aliphatic heterocycles. The maximum absolute atomic E-state index is 13.6. The second-order valence-corrected chi connectivity index (χ2v) is 8.47. The Kier molecular flexibility index (Phi) is 6.65. The first kappa shape index (κ1) is 23.4. The maximum atomic E-state index is 13.6. The predicted octanol–water partition coefficient (Wildman–Crippen LogP) is 2.95. The van der Waals surface area contributed by atoms with Crippen LogP contribution in [0.25, 0.3) is 6.08 Å². The third-order valence-electron chi connectivity index (χ3n) is 5.42. The number of fused-ring (bicyclic) bond motifs is 1. The molecule has 0 N–H and O–H groups in total. The lowest BCUT2D eigenvalue weighted by Crippen LogP contribution is -2.40. The Morgan fingerprint density at radius 3 is 2.56 bits per heavy atom. The Hall–Kier alpha value is -3.72. The van der Waals surface area contributed by atoms with Gasteiger partial charge in [-0.25, -0.2) is 14.2 Å². The highest BCUT2D eigenvalue weighted by Gasteiger charge is 2.35. The van der Waals surface area contributed by atoms with Gasteiger partial charge < -0.3 is 14.2 Å². The largest absolute Gasteiger partial charge is 0.497 e. The highest BCUT2D eigenvalue weighted by Crippen LogP contribution is 2.37. The van der Waals surface area contributed by atoms with Crippen LogP contribution in [0, 0.1) is 5.82 Å². The van der Waals surface area contributed by atoms with E-state index in [1.807, 2.05) is 0 Å². The molecule has 34 heavy (non-hydrogen) atoms. The monoisotopic (exact) mass is 482 g/mol. The van der Waals surface area contributed by atoms with Gasteiger partial charge in [0.05, 0.1) is 36.6 Å². The summed E-state index contributed by atoms with van der Waals surface area (Å²) >= 11 is 1.19. The SMILES string of the molecule is CCOC(=O)C1=C(C)N=c2s/c(=C\c3ccc(F)cc3)c(=O)n2C1c1ccc(OC)cc1OC. The van der Waals surface area contributed by atoms with Crippen molar-refractivity contribution in [2.75, 3.05) is 20.8 Å². The molecule has 0 aliphatic carbocycles. The lowest BCUT2D eigenvalue weighted by Gasteiger charge is -2.26. The number of ether oxygens (including phenoxy) is 3. The molecule has 1 atom stereocenters. The van der Waals surface area contributed by atoms with Gasteiger partial charge in [-0.1, -0.05) is 23.5 Å². The van der Waals surface area contributed by atoms with E-state index in [0.29, 0.717) is 37.7 Å². The summed E-state index contributed by atoms with van der Waals surface area (Å²) in [5.41, 5.74) is 1.65. The van der Waals surface area contributed by atoms with Crippen LogP contribution in [0.2, 0.25) is 0 Å². The van der Waals surface area contributed by atoms with Crippen LogP contribution in [0.4, 0.5) is 4.39 Å². The first-order valence-electron chi connectivity index (χ1n) is 10.5. The van der Waals surface area contributed by atoms with Gasteiger partial charge in [-0.05, 0) is 49.8 Å². The molecular weight excluding hydrogens is 459 g/mol. The third-order valence-corrected chi connectivity index (χ3v) is 6.40. The van der Waals surface area contributed by atoms with E-state index in [9.17, 15) is 14.0 Å². The van der Waals surface area contributed by atoms with Crippen LogP contribution < -0.4 is 24.4 Å². The molecule has 9 heteroatoms. The second kappa shape index (κ2) is 9.64. The zero-order chi connectivity index (χ0) is 24.4. The topological polar surface area (TPSA) is 79.1 Å². The van der Waals surface area contributed by atoms with Crippen LogP contribution in [0.5, 0.6) is 11.5 Å². The van der Waals surface area contributed by atoms with Gasteiger partial charge in [-0.3, -0.25) is 9.36 Å². The molecule has 0 saturated carbocycles. The molecule has 4 rings (SSSR count). The smallest absolute Gasteiger partial charge is 0.338 e. The van der Waals surface area contributed by atoms with Crippen molar-refractivity contribution in [1.29, 1.82) is 0 Å². The number of benzene rings is 2. The molecule has 7 nitrogen and oxygen atoms in total. The van der Waals surface area contributed by atoms with Crippen molar-refractivity contribution < 1.29 is 23.4 Å². The molecule has 176 valence electrons. The van der Waals surface area contributed by atoms with Crippen molar-refractivity contribution in [2.24, 2.45) is 4.99 Å². The molecular formula is C25H23FN2O5S. The molecule has 0 bridgehead atoms. The number of nitrogens with zero attached hydrogens (tertiary/aromatic N) is 2. The average molecular weight is 483 g/mol. The summed E-state index contributed by atoms with van der Waals surface area (Å²) in [6, 6.07) is 10.2. The Morgan fingerprint density at radius 1 is 1.18 bits per heavy atom. The van der Waals surface area contributed by atoms with Gasteiger partial charge in [0.25, 0.3) is 5.56 Å². The van der Waals surface area contributed by atoms with Crippen LogP contribution in [-0.2, 0) is 9.53 Å². The van der Waals surface area contributed by atoms with E-state index in [1.165, 1.54) is 35.1 Å². The van der Waals surface area contributed by atoms with Gasteiger partial charge in [-0.15, -0.1) is 0 Å². The number of carbonyl (C=O) groups excluding carboxylic acids is 1. The normalized spacial score (nSPS) is 15.6. The minimum Gasteiger partial charge on any atom is -0.497 e. The first-order valence-corrected chi connectivity index (χ1v) is 11.4. The van der Waals surface area contributed by atoms with Crippen LogP contribution in [0.1, 0.15) is 31.0 Å². The van der Waals surface area contributed by atoms with Gasteiger partial charge in [-0.2, -0.15) is 0 Å². The fraction of sp³-hybridized carbons (Fsp3) is 0.240. The Balaban J connectivity index is 1.99. The number of halogens is 1. The van der Waals surface area contributed by atoms with Gasteiger partial charge >= 0.3 is 5.97 Å². The van der Waals surface area contributed by atoms with Crippen LogP contribution in [0.3, 0.4) is 0 Å². The quantitative estimate of drug-likeness (QED) is 0.505. The minimum atomic E-state index is -0.813. The maximum Gasteiger partial charge on any atom is 0.338 e. The summed E-state index contributed by atoms with van der Waals surface area (Å²) in [4.78, 5) is 31.6. The number of hydrogen-bond donors (Lipinski definition) is 0. The number of methoxy groups -OCH3 is 2. The molecule has 0 saturated heterocycles. The van der Waals surface area contributed by atoms with Crippen LogP contribution in [0.15, 0.2) is 63.5 Å². The summed E-state index contributed by atoms with van der Waals surface area (Å²) in [5.74, 6) is 0.107. The molecule has 3 aromatic rings. The van der Waals surface area contributed by atoms with Crippen molar-refractivity contribution in [3.63, 3.8) is 0 Å². The molecule has 2 aromatic carbocycles. The standard InChI is InChI=1S/C25H23FN2O5S/c1-5-33-24(30)21-14(2)27-25-28(22(21)18-11-10-17(31-3)13-19(18)32-4)23(29)20(34-25)12-15-6-8-16(26)9-7-15/h6-13,22H,5H2,1-4H3/b20-12-. The number of esters is 1. The van der Waals surface area contributed by atoms with Crippen LogP contribution in [-0.4, -0.2) is 31.4 Å². The van der Waals surface area contributed by atoms with Crippen molar-refractivity contribution in [1.82, 2.24) is 4.57 Å². The van der Waals surface area contributed by atoms with E-state index in [-0.39, 0.29) is 23.6 Å². The van der Waals surface area contributed by atoms with E-state index in [0.717, 1.165) is 0 Å². The van der Waals surface area contributed by atoms with E-state index in [2.05, 4.69) is 4.99 Å². The van der Waals surface area contributed by atoms with Gasteiger partial charge in [0.2, 0.25) is 0 Å². The van der Waals surface area contributed by atoms with Crippen molar-refractivity contribution in [3.8, 4) is 11.5 Å². The molecule has 0 spiro atoms. The highest BCUT2D eigenvalue weighted by molar-refractivity contribution is 7.07. The minimum absolute atomic E-state index is 0.178. The van der Waals surface area contributed by atoms with Crippen LogP contribution >= 0.6 is 11.3 Å². The van der Waals surface area contributed by atoms with E-state index >= 15 is 0 Å². The van der Waals surface area contributed by atoms with Gasteiger partial charge in [0, 0.05) is 11.6 Å². The fourth-order valence-electron chi connectivity index (χ4n) is 3.84. The lowest BCUT2D eigenvalue weighted by atomic mass is 9.95. The molecule has 0 fully saturated rings. The van der Waals surface area contributed by atoms with Gasteiger partial charge in [0.1, 0.15) is 23.4 Å². The molecule has 1 unspecified atom stereocenters. The van der Waals surface area contributed by atoms with E-state index in [1.54, 1.807) is 57.4 Å². The number of hydrogen-bond acceptors (Lipinski definition) is 7. The summed E-state index contributed by atoms with van der Waals surface area (Å²) in [6.45, 7) is 3.61.